The molecule has 0 spiro atoms. The van der Waals surface area contributed by atoms with Crippen LogP contribution in [0.4, 0.5) is 0 Å². The van der Waals surface area contributed by atoms with E-state index in [0.29, 0.717) is 5.92 Å². The fourth-order valence-corrected chi connectivity index (χ4v) is 2.83. The first-order chi connectivity index (χ1) is 10.1. The van der Waals surface area contributed by atoms with Crippen molar-refractivity contribution in [3.63, 3.8) is 0 Å². The minimum Gasteiger partial charge on any atom is -0.343 e. The molecule has 1 aliphatic rings. The molecule has 21 heavy (non-hydrogen) atoms. The Morgan fingerprint density at radius 2 is 2.10 bits per heavy atom. The number of aromatic amines is 1. The predicted octanol–water partition coefficient (Wildman–Crippen LogP) is 1.90. The summed E-state index contributed by atoms with van der Waals surface area (Å²) >= 11 is 0. The molecule has 1 saturated heterocycles. The number of rotatable bonds is 2. The lowest BCUT2D eigenvalue weighted by Crippen LogP contribution is -2.36. The number of carbonyl (C=O) groups is 1. The van der Waals surface area contributed by atoms with Crippen LogP contribution in [0.25, 0.3) is 11.4 Å². The molecular weight excluding hydrogens is 266 g/mol. The van der Waals surface area contributed by atoms with Crippen LogP contribution in [0.15, 0.2) is 18.3 Å². The van der Waals surface area contributed by atoms with Crippen molar-refractivity contribution < 1.29 is 4.79 Å². The third-order valence-electron chi connectivity index (χ3n) is 3.99. The summed E-state index contributed by atoms with van der Waals surface area (Å²) in [5.41, 5.74) is 2.85. The topological polar surface area (TPSA) is 74.8 Å². The van der Waals surface area contributed by atoms with E-state index in [9.17, 15) is 4.79 Å². The molecule has 1 fully saturated rings. The second kappa shape index (κ2) is 5.63. The van der Waals surface area contributed by atoms with Crippen LogP contribution in [-0.2, 0) is 4.79 Å². The van der Waals surface area contributed by atoms with E-state index < -0.39 is 0 Å². The van der Waals surface area contributed by atoms with Gasteiger partial charge in [0.15, 0.2) is 0 Å². The van der Waals surface area contributed by atoms with Crippen molar-refractivity contribution in [3.05, 3.63) is 29.8 Å². The Balaban J connectivity index is 1.82. The van der Waals surface area contributed by atoms with Gasteiger partial charge in [-0.1, -0.05) is 0 Å². The Labute approximate surface area is 123 Å². The Morgan fingerprint density at radius 3 is 2.71 bits per heavy atom. The summed E-state index contributed by atoms with van der Waals surface area (Å²) in [6.45, 7) is 5.16. The third-order valence-corrected chi connectivity index (χ3v) is 3.99. The van der Waals surface area contributed by atoms with Crippen LogP contribution in [0.1, 0.15) is 37.2 Å². The van der Waals surface area contributed by atoms with Crippen molar-refractivity contribution >= 4 is 5.91 Å². The number of aryl methyl sites for hydroxylation is 1. The largest absolute Gasteiger partial charge is 0.343 e. The average Bonchev–Trinajstić information content (AvgIpc) is 3.01. The molecule has 0 saturated carbocycles. The first-order valence-corrected chi connectivity index (χ1v) is 7.24. The first kappa shape index (κ1) is 13.7. The smallest absolute Gasteiger partial charge is 0.219 e. The molecule has 6 nitrogen and oxygen atoms in total. The van der Waals surface area contributed by atoms with Gasteiger partial charge in [-0.15, -0.1) is 0 Å². The summed E-state index contributed by atoms with van der Waals surface area (Å²) in [5.74, 6) is 1.32. The molecule has 1 aliphatic heterocycles. The van der Waals surface area contributed by atoms with Crippen LogP contribution in [0.3, 0.4) is 0 Å². The highest BCUT2D eigenvalue weighted by Crippen LogP contribution is 2.28. The summed E-state index contributed by atoms with van der Waals surface area (Å²) in [6, 6.07) is 3.94. The molecule has 6 heteroatoms. The van der Waals surface area contributed by atoms with Gasteiger partial charge in [0.05, 0.1) is 11.4 Å². The quantitative estimate of drug-likeness (QED) is 0.914. The van der Waals surface area contributed by atoms with Crippen molar-refractivity contribution in [1.82, 2.24) is 25.1 Å². The predicted molar refractivity (Wildman–Crippen MR) is 78.6 cm³/mol. The molecule has 0 unspecified atom stereocenters. The zero-order valence-electron chi connectivity index (χ0n) is 12.3. The first-order valence-electron chi connectivity index (χ1n) is 7.24. The molecule has 1 amide bonds. The number of hydrogen-bond donors (Lipinski definition) is 1. The van der Waals surface area contributed by atoms with Crippen LogP contribution in [0.5, 0.6) is 0 Å². The molecule has 0 atom stereocenters. The summed E-state index contributed by atoms with van der Waals surface area (Å²) in [7, 11) is 0. The highest BCUT2D eigenvalue weighted by Gasteiger charge is 2.23. The minimum absolute atomic E-state index is 0.158. The Hall–Kier alpha value is -2.24. The SMILES string of the molecule is CC(=O)N1CCC(c2cc(-c3ccn[nH]3)nc(C)n2)CC1. The van der Waals surface area contributed by atoms with Crippen LogP contribution < -0.4 is 0 Å². The van der Waals surface area contributed by atoms with Gasteiger partial charge in [-0.2, -0.15) is 5.10 Å². The Kier molecular flexibility index (Phi) is 3.68. The molecule has 2 aromatic heterocycles. The van der Waals surface area contributed by atoms with Gasteiger partial charge in [0.25, 0.3) is 0 Å². The number of nitrogens with zero attached hydrogens (tertiary/aromatic N) is 4. The van der Waals surface area contributed by atoms with Crippen molar-refractivity contribution in [1.29, 1.82) is 0 Å². The fraction of sp³-hybridized carbons (Fsp3) is 0.467. The minimum atomic E-state index is 0.158. The van der Waals surface area contributed by atoms with Gasteiger partial charge in [-0.25, -0.2) is 9.97 Å². The second-order valence-corrected chi connectivity index (χ2v) is 5.48. The van der Waals surface area contributed by atoms with E-state index in [4.69, 9.17) is 0 Å². The second-order valence-electron chi connectivity index (χ2n) is 5.48. The zero-order valence-corrected chi connectivity index (χ0v) is 12.3. The normalized spacial score (nSPS) is 16.2. The number of aromatic nitrogens is 4. The van der Waals surface area contributed by atoms with E-state index in [1.807, 2.05) is 24.0 Å². The van der Waals surface area contributed by atoms with Gasteiger partial charge in [-0.3, -0.25) is 9.89 Å². The van der Waals surface area contributed by atoms with Crippen molar-refractivity contribution in [2.45, 2.75) is 32.6 Å². The van der Waals surface area contributed by atoms with Gasteiger partial charge < -0.3 is 4.90 Å². The average molecular weight is 285 g/mol. The number of likely N-dealkylation sites (tertiary alicyclic amines) is 1. The molecule has 3 heterocycles. The highest BCUT2D eigenvalue weighted by molar-refractivity contribution is 5.73. The van der Waals surface area contributed by atoms with E-state index in [-0.39, 0.29) is 5.91 Å². The monoisotopic (exact) mass is 285 g/mol. The van der Waals surface area contributed by atoms with Crippen LogP contribution in [0, 0.1) is 6.92 Å². The van der Waals surface area contributed by atoms with E-state index in [0.717, 1.165) is 48.8 Å². The maximum absolute atomic E-state index is 11.4. The maximum Gasteiger partial charge on any atom is 0.219 e. The molecule has 0 bridgehead atoms. The lowest BCUT2D eigenvalue weighted by atomic mass is 9.92. The number of H-pyrrole nitrogens is 1. The van der Waals surface area contributed by atoms with E-state index in [2.05, 4.69) is 20.2 Å². The van der Waals surface area contributed by atoms with Crippen molar-refractivity contribution in [2.24, 2.45) is 0 Å². The molecular formula is C15H19N5O. The molecule has 0 radical (unpaired) electrons. The standard InChI is InChI=1S/C15H19N5O/c1-10-17-14(9-15(18-10)13-3-6-16-19-13)12-4-7-20(8-5-12)11(2)21/h3,6,9,12H,4-5,7-8H2,1-2H3,(H,16,19). The van der Waals surface area contributed by atoms with Crippen LogP contribution in [0.2, 0.25) is 0 Å². The van der Waals surface area contributed by atoms with E-state index >= 15 is 0 Å². The summed E-state index contributed by atoms with van der Waals surface area (Å²) in [4.78, 5) is 22.4. The molecule has 1 N–H and O–H groups in total. The summed E-state index contributed by atoms with van der Waals surface area (Å²) in [5, 5.41) is 6.91. The third kappa shape index (κ3) is 2.94. The van der Waals surface area contributed by atoms with Crippen molar-refractivity contribution in [3.8, 4) is 11.4 Å². The molecule has 0 aromatic carbocycles. The Morgan fingerprint density at radius 1 is 1.33 bits per heavy atom. The molecule has 3 rings (SSSR count). The number of hydrogen-bond acceptors (Lipinski definition) is 4. The number of nitrogens with one attached hydrogen (secondary N) is 1. The molecule has 110 valence electrons. The number of piperidine rings is 1. The number of amides is 1. The van der Waals surface area contributed by atoms with Gasteiger partial charge >= 0.3 is 0 Å². The van der Waals surface area contributed by atoms with E-state index in [1.165, 1.54) is 0 Å². The molecule has 2 aromatic rings. The zero-order chi connectivity index (χ0) is 14.8. The van der Waals surface area contributed by atoms with Crippen LogP contribution >= 0.6 is 0 Å². The summed E-state index contributed by atoms with van der Waals surface area (Å²) in [6.07, 6.45) is 3.63. The van der Waals surface area contributed by atoms with Crippen molar-refractivity contribution in [2.75, 3.05) is 13.1 Å². The van der Waals surface area contributed by atoms with Gasteiger partial charge in [0.2, 0.25) is 5.91 Å². The summed E-state index contributed by atoms with van der Waals surface area (Å²) < 4.78 is 0. The lowest BCUT2D eigenvalue weighted by molar-refractivity contribution is -0.129. The number of carbonyl (C=O) groups excluding carboxylic acids is 1. The Bertz CT molecular complexity index is 630. The van der Waals surface area contributed by atoms with E-state index in [1.54, 1.807) is 13.1 Å². The molecule has 0 aliphatic carbocycles. The van der Waals surface area contributed by atoms with Gasteiger partial charge in [-0.05, 0) is 31.9 Å². The maximum atomic E-state index is 11.4. The highest BCUT2D eigenvalue weighted by atomic mass is 16.2. The van der Waals surface area contributed by atoms with Gasteiger partial charge in [0, 0.05) is 37.8 Å². The van der Waals surface area contributed by atoms with Gasteiger partial charge in [0.1, 0.15) is 5.82 Å². The fourth-order valence-electron chi connectivity index (χ4n) is 2.83. The van der Waals surface area contributed by atoms with Crippen LogP contribution in [-0.4, -0.2) is 44.1 Å². The lowest BCUT2D eigenvalue weighted by Gasteiger charge is -2.31.